The van der Waals surface area contributed by atoms with E-state index in [9.17, 15) is 43.2 Å². The zero-order chi connectivity index (χ0) is 64.9. The van der Waals surface area contributed by atoms with Crippen LogP contribution in [0.15, 0.2) is 0 Å². The lowest BCUT2D eigenvalue weighted by Gasteiger charge is -2.21. The fourth-order valence-corrected chi connectivity index (χ4v) is 12.0. The van der Waals surface area contributed by atoms with Gasteiger partial charge in [0, 0.05) is 25.7 Å². The zero-order valence-corrected chi connectivity index (χ0v) is 58.6. The molecular weight excluding hydrogens is 1160 g/mol. The summed E-state index contributed by atoms with van der Waals surface area (Å²) in [7, 11) is -9.89. The first-order valence-electron chi connectivity index (χ1n) is 36.2. The number of unbranched alkanes of at least 4 members (excludes halogenated alkanes) is 40. The molecule has 0 aromatic rings. The average Bonchev–Trinajstić information content (AvgIpc) is 3.63. The van der Waals surface area contributed by atoms with Crippen molar-refractivity contribution in [3.63, 3.8) is 0 Å². The lowest BCUT2D eigenvalue weighted by Crippen LogP contribution is -2.30. The minimum Gasteiger partial charge on any atom is -0.462 e. The second-order valence-corrected chi connectivity index (χ2v) is 28.1. The van der Waals surface area contributed by atoms with Crippen LogP contribution in [0, 0.1) is 5.92 Å². The summed E-state index contributed by atoms with van der Waals surface area (Å²) < 4.78 is 68.2. The molecule has 0 fully saturated rings. The van der Waals surface area contributed by atoms with Gasteiger partial charge in [0.15, 0.2) is 12.2 Å². The standard InChI is InChI=1S/C69H134O17P2/c1-6-10-13-16-19-22-24-26-28-33-38-43-48-53-67(72)80-59-65(86-69(74)55-50-45-40-35-30-29-32-36-41-46-51-62(5)9-4)61-84-88(77,78)82-57-63(70)56-81-87(75,76)83-60-64(58-79-66(71)52-47-42-37-31-21-18-15-12-8-3)85-68(73)54-49-44-39-34-27-25-23-20-17-14-11-7-2/h62-65,70H,6-61H2,1-5H3,(H,75,76)(H,77,78)/t62?,63-,64+,65+/m0/s1. The smallest absolute Gasteiger partial charge is 0.462 e. The molecule has 0 spiro atoms. The number of esters is 4. The van der Waals surface area contributed by atoms with Gasteiger partial charge in [-0.05, 0) is 31.6 Å². The van der Waals surface area contributed by atoms with Crippen LogP contribution in [0.25, 0.3) is 0 Å². The van der Waals surface area contributed by atoms with E-state index in [1.165, 1.54) is 180 Å². The van der Waals surface area contributed by atoms with Crippen LogP contribution in [0.1, 0.15) is 356 Å². The highest BCUT2D eigenvalue weighted by Gasteiger charge is 2.30. The Morgan fingerprint density at radius 2 is 0.545 bits per heavy atom. The van der Waals surface area contributed by atoms with Gasteiger partial charge in [-0.25, -0.2) is 9.13 Å². The Bertz CT molecular complexity index is 1710. The van der Waals surface area contributed by atoms with E-state index < -0.39 is 97.5 Å². The maximum atomic E-state index is 13.0. The Hall–Kier alpha value is -1.94. The number of rotatable bonds is 69. The molecule has 0 saturated carbocycles. The van der Waals surface area contributed by atoms with Crippen LogP contribution in [0.3, 0.4) is 0 Å². The van der Waals surface area contributed by atoms with Crippen LogP contribution in [-0.2, 0) is 65.4 Å². The summed E-state index contributed by atoms with van der Waals surface area (Å²) >= 11 is 0. The molecule has 19 heteroatoms. The summed E-state index contributed by atoms with van der Waals surface area (Å²) in [6.45, 7) is 7.25. The van der Waals surface area contributed by atoms with E-state index in [1.807, 2.05) is 0 Å². The summed E-state index contributed by atoms with van der Waals surface area (Å²) in [6, 6.07) is 0. The Balaban J connectivity index is 5.24. The Morgan fingerprint density at radius 1 is 0.318 bits per heavy atom. The summed E-state index contributed by atoms with van der Waals surface area (Å²) in [6.07, 6.45) is 48.3. The molecular formula is C69H134O17P2. The van der Waals surface area contributed by atoms with Crippen molar-refractivity contribution < 1.29 is 80.2 Å². The number of phosphoric ester groups is 2. The van der Waals surface area contributed by atoms with Crippen LogP contribution >= 0.6 is 15.6 Å². The van der Waals surface area contributed by atoms with Gasteiger partial charge in [0.2, 0.25) is 0 Å². The molecule has 3 N–H and O–H groups in total. The first-order chi connectivity index (χ1) is 42.6. The topological polar surface area (TPSA) is 237 Å². The second kappa shape index (κ2) is 62.5. The summed E-state index contributed by atoms with van der Waals surface area (Å²) in [5.74, 6) is -1.32. The van der Waals surface area contributed by atoms with Gasteiger partial charge in [-0.15, -0.1) is 0 Å². The quantitative estimate of drug-likeness (QED) is 0.0222. The second-order valence-electron chi connectivity index (χ2n) is 25.2. The zero-order valence-electron chi connectivity index (χ0n) is 56.9. The van der Waals surface area contributed by atoms with Crippen LogP contribution in [0.5, 0.6) is 0 Å². The van der Waals surface area contributed by atoms with Crippen molar-refractivity contribution in [1.82, 2.24) is 0 Å². The van der Waals surface area contributed by atoms with Crippen molar-refractivity contribution in [1.29, 1.82) is 0 Å². The molecule has 0 aromatic heterocycles. The molecule has 17 nitrogen and oxygen atoms in total. The summed E-state index contributed by atoms with van der Waals surface area (Å²) in [5.41, 5.74) is 0. The number of ether oxygens (including phenoxy) is 4. The van der Waals surface area contributed by atoms with Gasteiger partial charge in [-0.1, -0.05) is 304 Å². The van der Waals surface area contributed by atoms with E-state index in [1.54, 1.807) is 0 Å². The predicted octanol–water partition coefficient (Wildman–Crippen LogP) is 19.7. The SMILES string of the molecule is CCCCCCCCCCCCCCCC(=O)OC[C@H](COP(=O)(O)OC[C@@H](O)COP(=O)(O)OC[C@@H](COC(=O)CCCCCCCCCCC)OC(=O)CCCCCCCCCCCCCC)OC(=O)CCCCCCCCCCCCC(C)CC. The average molecular weight is 1300 g/mol. The first kappa shape index (κ1) is 86.1. The van der Waals surface area contributed by atoms with E-state index in [4.69, 9.17) is 37.0 Å². The number of aliphatic hydroxyl groups excluding tert-OH is 1. The third-order valence-corrected chi connectivity index (χ3v) is 18.3. The lowest BCUT2D eigenvalue weighted by atomic mass is 9.99. The first-order valence-corrected chi connectivity index (χ1v) is 39.2. The molecule has 0 aliphatic rings. The Morgan fingerprint density at radius 3 is 0.807 bits per heavy atom. The van der Waals surface area contributed by atoms with Crippen LogP contribution in [-0.4, -0.2) is 96.7 Å². The number of carbonyl (C=O) groups is 4. The fraction of sp³-hybridized carbons (Fsp3) is 0.942. The van der Waals surface area contributed by atoms with Crippen molar-refractivity contribution >= 4 is 39.5 Å². The van der Waals surface area contributed by atoms with E-state index in [2.05, 4.69) is 34.6 Å². The number of aliphatic hydroxyl groups is 1. The molecule has 0 bridgehead atoms. The molecule has 0 aromatic carbocycles. The van der Waals surface area contributed by atoms with Gasteiger partial charge in [0.1, 0.15) is 19.3 Å². The monoisotopic (exact) mass is 1300 g/mol. The van der Waals surface area contributed by atoms with Crippen molar-refractivity contribution in [3.05, 3.63) is 0 Å². The minimum atomic E-state index is -4.95. The van der Waals surface area contributed by atoms with E-state index in [-0.39, 0.29) is 25.7 Å². The maximum absolute atomic E-state index is 13.0. The molecule has 0 radical (unpaired) electrons. The molecule has 0 aliphatic carbocycles. The summed E-state index contributed by atoms with van der Waals surface area (Å²) in [4.78, 5) is 72.5. The van der Waals surface area contributed by atoms with Crippen LogP contribution in [0.2, 0.25) is 0 Å². The molecule has 3 unspecified atom stereocenters. The normalized spacial score (nSPS) is 14.4. The van der Waals surface area contributed by atoms with Crippen molar-refractivity contribution in [3.8, 4) is 0 Å². The van der Waals surface area contributed by atoms with E-state index >= 15 is 0 Å². The fourth-order valence-electron chi connectivity index (χ4n) is 10.4. The van der Waals surface area contributed by atoms with Gasteiger partial charge in [-0.3, -0.25) is 37.3 Å². The van der Waals surface area contributed by atoms with Crippen LogP contribution < -0.4 is 0 Å². The minimum absolute atomic E-state index is 0.107. The van der Waals surface area contributed by atoms with Gasteiger partial charge < -0.3 is 33.8 Å². The highest BCUT2D eigenvalue weighted by Crippen LogP contribution is 2.45. The third-order valence-electron chi connectivity index (χ3n) is 16.4. The Kier molecular flexibility index (Phi) is 61.1. The highest BCUT2D eigenvalue weighted by atomic mass is 31.2. The van der Waals surface area contributed by atoms with Crippen LogP contribution in [0.4, 0.5) is 0 Å². The van der Waals surface area contributed by atoms with Gasteiger partial charge >= 0.3 is 39.5 Å². The van der Waals surface area contributed by atoms with E-state index in [0.717, 1.165) is 95.8 Å². The lowest BCUT2D eigenvalue weighted by molar-refractivity contribution is -0.161. The molecule has 0 amide bonds. The molecule has 0 rings (SSSR count). The number of phosphoric acid groups is 2. The van der Waals surface area contributed by atoms with Gasteiger partial charge in [0.25, 0.3) is 0 Å². The largest absolute Gasteiger partial charge is 0.472 e. The van der Waals surface area contributed by atoms with Gasteiger partial charge in [0.05, 0.1) is 26.4 Å². The molecule has 0 saturated heterocycles. The molecule has 88 heavy (non-hydrogen) atoms. The van der Waals surface area contributed by atoms with Crippen molar-refractivity contribution in [2.24, 2.45) is 5.92 Å². The third kappa shape index (κ3) is 61.6. The van der Waals surface area contributed by atoms with Crippen molar-refractivity contribution in [2.45, 2.75) is 374 Å². The maximum Gasteiger partial charge on any atom is 0.472 e. The number of carbonyl (C=O) groups excluding carboxylic acids is 4. The van der Waals surface area contributed by atoms with Gasteiger partial charge in [-0.2, -0.15) is 0 Å². The molecule has 522 valence electrons. The molecule has 6 atom stereocenters. The Labute approximate surface area is 537 Å². The van der Waals surface area contributed by atoms with Crippen molar-refractivity contribution in [2.75, 3.05) is 39.6 Å². The number of hydrogen-bond acceptors (Lipinski definition) is 15. The number of hydrogen-bond donors (Lipinski definition) is 3. The summed E-state index contributed by atoms with van der Waals surface area (Å²) in [5, 5.41) is 10.6. The highest BCUT2D eigenvalue weighted by molar-refractivity contribution is 7.47. The molecule has 0 aliphatic heterocycles. The predicted molar refractivity (Wildman–Crippen MR) is 354 cm³/mol. The molecule has 0 heterocycles. The van der Waals surface area contributed by atoms with E-state index in [0.29, 0.717) is 25.7 Å².